The highest BCUT2D eigenvalue weighted by Gasteiger charge is 2.25. The van der Waals surface area contributed by atoms with E-state index in [1.165, 1.54) is 0 Å². The molecule has 1 aliphatic carbocycles. The number of rotatable bonds is 4. The molecule has 34 heavy (non-hydrogen) atoms. The summed E-state index contributed by atoms with van der Waals surface area (Å²) in [6.45, 7) is 0. The van der Waals surface area contributed by atoms with Crippen LogP contribution < -0.4 is 32.7 Å². The first-order valence-electron chi connectivity index (χ1n) is 10.6. The zero-order valence-electron chi connectivity index (χ0n) is 18.2. The zero-order valence-corrected chi connectivity index (χ0v) is 19.7. The van der Waals surface area contributed by atoms with Crippen LogP contribution in [0.2, 0.25) is 10.0 Å². The van der Waals surface area contributed by atoms with E-state index >= 15 is 0 Å². The normalized spacial score (nSPS) is 18.6. The molecular formula is C22H26Cl2N8O2. The van der Waals surface area contributed by atoms with Crippen molar-refractivity contribution in [1.82, 2.24) is 10.6 Å². The van der Waals surface area contributed by atoms with E-state index in [9.17, 15) is 9.59 Å². The van der Waals surface area contributed by atoms with E-state index in [1.807, 2.05) is 0 Å². The molecule has 0 spiro atoms. The van der Waals surface area contributed by atoms with Crippen LogP contribution >= 0.6 is 23.2 Å². The molecule has 0 aliphatic heterocycles. The van der Waals surface area contributed by atoms with Gasteiger partial charge in [0, 0.05) is 21.4 Å². The van der Waals surface area contributed by atoms with Crippen LogP contribution in [0.5, 0.6) is 0 Å². The van der Waals surface area contributed by atoms with Gasteiger partial charge >= 0.3 is 12.1 Å². The Hall–Kier alpha value is -3.50. The van der Waals surface area contributed by atoms with Crippen molar-refractivity contribution in [2.45, 2.75) is 37.8 Å². The molecule has 2 aromatic carbocycles. The molecule has 180 valence electrons. The van der Waals surface area contributed by atoms with E-state index in [-0.39, 0.29) is 24.0 Å². The van der Waals surface area contributed by atoms with Gasteiger partial charge in [-0.2, -0.15) is 0 Å². The lowest BCUT2D eigenvalue weighted by Crippen LogP contribution is -2.43. The summed E-state index contributed by atoms with van der Waals surface area (Å²) < 4.78 is 0. The van der Waals surface area contributed by atoms with Crippen LogP contribution in [0.1, 0.15) is 25.7 Å². The van der Waals surface area contributed by atoms with Crippen LogP contribution in [-0.4, -0.2) is 36.1 Å². The van der Waals surface area contributed by atoms with Gasteiger partial charge < -0.3 is 22.1 Å². The third-order valence-electron chi connectivity index (χ3n) is 4.99. The molecule has 10 nitrogen and oxygen atoms in total. The Morgan fingerprint density at radius 1 is 0.706 bits per heavy atom. The summed E-state index contributed by atoms with van der Waals surface area (Å²) in [5.74, 6) is -0.0730. The number of halogens is 2. The smallest absolute Gasteiger partial charge is 0.325 e. The molecule has 4 amide bonds. The number of hydrogen-bond donors (Lipinski definition) is 6. The third kappa shape index (κ3) is 8.13. The van der Waals surface area contributed by atoms with Crippen molar-refractivity contribution in [3.8, 4) is 0 Å². The number of carbonyl (C=O) groups is 2. The third-order valence-corrected chi connectivity index (χ3v) is 5.50. The Labute approximate surface area is 207 Å². The Balaban J connectivity index is 1.56. The summed E-state index contributed by atoms with van der Waals surface area (Å²) >= 11 is 11.7. The molecule has 3 rings (SSSR count). The van der Waals surface area contributed by atoms with Crippen LogP contribution in [0.15, 0.2) is 58.5 Å². The minimum absolute atomic E-state index is 0.0365. The molecule has 2 atom stereocenters. The van der Waals surface area contributed by atoms with E-state index in [2.05, 4.69) is 31.3 Å². The average molecular weight is 505 g/mol. The molecular weight excluding hydrogens is 479 g/mol. The van der Waals surface area contributed by atoms with Gasteiger partial charge in [-0.05, 0) is 61.4 Å². The highest BCUT2D eigenvalue weighted by Crippen LogP contribution is 2.24. The number of nitrogens with zero attached hydrogens (tertiary/aromatic N) is 2. The van der Waals surface area contributed by atoms with Gasteiger partial charge in [-0.25, -0.2) is 19.6 Å². The number of hydrogen-bond acceptors (Lipinski definition) is 4. The molecule has 0 aromatic heterocycles. The maximum absolute atomic E-state index is 12.2. The Kier molecular flexibility index (Phi) is 8.94. The molecule has 0 unspecified atom stereocenters. The lowest BCUT2D eigenvalue weighted by molar-refractivity contribution is 0.255. The summed E-state index contributed by atoms with van der Waals surface area (Å²) in [5.41, 5.74) is 13.0. The number of urea groups is 2. The second-order valence-electron chi connectivity index (χ2n) is 7.62. The van der Waals surface area contributed by atoms with Gasteiger partial charge in [0.05, 0.1) is 12.1 Å². The number of benzene rings is 2. The van der Waals surface area contributed by atoms with E-state index in [4.69, 9.17) is 34.7 Å². The van der Waals surface area contributed by atoms with Crippen molar-refractivity contribution in [2.24, 2.45) is 21.5 Å². The molecule has 8 N–H and O–H groups in total. The first-order chi connectivity index (χ1) is 16.3. The summed E-state index contributed by atoms with van der Waals surface area (Å²) in [7, 11) is 0. The van der Waals surface area contributed by atoms with Gasteiger partial charge in [0.2, 0.25) is 0 Å². The maximum atomic E-state index is 12.2. The zero-order chi connectivity index (χ0) is 24.5. The number of nitrogens with two attached hydrogens (primary N) is 2. The Morgan fingerprint density at radius 2 is 1.06 bits per heavy atom. The molecule has 0 heterocycles. The molecule has 1 aliphatic rings. The Morgan fingerprint density at radius 3 is 1.41 bits per heavy atom. The average Bonchev–Trinajstić information content (AvgIpc) is 2.78. The second kappa shape index (κ2) is 12.1. The number of anilines is 2. The van der Waals surface area contributed by atoms with E-state index in [1.54, 1.807) is 48.5 Å². The highest BCUT2D eigenvalue weighted by molar-refractivity contribution is 6.31. The fraction of sp³-hybridized carbons (Fsp3) is 0.273. The van der Waals surface area contributed by atoms with E-state index in [0.29, 0.717) is 21.4 Å². The molecule has 0 bridgehead atoms. The fourth-order valence-corrected chi connectivity index (χ4v) is 3.69. The first-order valence-corrected chi connectivity index (χ1v) is 11.4. The lowest BCUT2D eigenvalue weighted by Gasteiger charge is -2.26. The van der Waals surface area contributed by atoms with Gasteiger partial charge in [-0.1, -0.05) is 36.0 Å². The van der Waals surface area contributed by atoms with Crippen molar-refractivity contribution in [1.29, 1.82) is 0 Å². The largest absolute Gasteiger partial charge is 0.370 e. The number of guanidine groups is 2. The Bertz CT molecular complexity index is 972. The number of carbonyl (C=O) groups excluding carboxylic acids is 2. The standard InChI is InChI=1S/C22H26Cl2N8O2/c23-13-5-9-15(10-6-13)27-21(33)31-19(25)29-17-3-1-2-4-18(17)30-20(26)32-22(34)28-16-11-7-14(24)8-12-16/h5-12,17-18H,1-4H2,(H4,25,27,29,31,33)(H4,26,28,30,32,34)/t17-,18+. The van der Waals surface area contributed by atoms with Crippen molar-refractivity contribution in [3.63, 3.8) is 0 Å². The van der Waals surface area contributed by atoms with Crippen molar-refractivity contribution >= 4 is 58.6 Å². The van der Waals surface area contributed by atoms with Crippen LogP contribution in [0, 0.1) is 0 Å². The molecule has 0 radical (unpaired) electrons. The summed E-state index contributed by atoms with van der Waals surface area (Å²) in [4.78, 5) is 33.2. The lowest BCUT2D eigenvalue weighted by atomic mass is 9.91. The van der Waals surface area contributed by atoms with Crippen LogP contribution in [0.3, 0.4) is 0 Å². The maximum Gasteiger partial charge on any atom is 0.325 e. The molecule has 1 saturated carbocycles. The van der Waals surface area contributed by atoms with Gasteiger partial charge in [-0.3, -0.25) is 10.6 Å². The minimum Gasteiger partial charge on any atom is -0.370 e. The number of aliphatic imine (C=N–C) groups is 2. The highest BCUT2D eigenvalue weighted by atomic mass is 35.5. The first kappa shape index (κ1) is 25.1. The SMILES string of the molecule is NC(=N[C@H]1CCCC[C@H]1N=C(N)NC(=O)Nc1ccc(Cl)cc1)NC(=O)Nc1ccc(Cl)cc1. The van der Waals surface area contributed by atoms with Crippen LogP contribution in [0.4, 0.5) is 21.0 Å². The summed E-state index contributed by atoms with van der Waals surface area (Å²) in [6.07, 6.45) is 3.32. The minimum atomic E-state index is -0.528. The number of nitrogens with one attached hydrogen (secondary N) is 4. The predicted molar refractivity (Wildman–Crippen MR) is 137 cm³/mol. The quantitative estimate of drug-likeness (QED) is 0.275. The van der Waals surface area contributed by atoms with Gasteiger partial charge in [0.15, 0.2) is 11.9 Å². The van der Waals surface area contributed by atoms with E-state index in [0.717, 1.165) is 25.7 Å². The van der Waals surface area contributed by atoms with Crippen molar-refractivity contribution in [3.05, 3.63) is 58.6 Å². The summed E-state index contributed by atoms with van der Waals surface area (Å²) in [5, 5.41) is 11.4. The molecule has 12 heteroatoms. The van der Waals surface area contributed by atoms with Crippen LogP contribution in [0.25, 0.3) is 0 Å². The van der Waals surface area contributed by atoms with E-state index < -0.39 is 12.1 Å². The van der Waals surface area contributed by atoms with Gasteiger partial charge in [-0.15, -0.1) is 0 Å². The molecule has 1 fully saturated rings. The summed E-state index contributed by atoms with van der Waals surface area (Å²) in [6, 6.07) is 11.7. The molecule has 0 saturated heterocycles. The number of amides is 4. The monoisotopic (exact) mass is 504 g/mol. The second-order valence-corrected chi connectivity index (χ2v) is 8.49. The van der Waals surface area contributed by atoms with Gasteiger partial charge in [0.1, 0.15) is 0 Å². The van der Waals surface area contributed by atoms with Crippen molar-refractivity contribution in [2.75, 3.05) is 10.6 Å². The molecule has 2 aromatic rings. The fourth-order valence-electron chi connectivity index (χ4n) is 3.44. The van der Waals surface area contributed by atoms with Gasteiger partial charge in [0.25, 0.3) is 0 Å². The topological polar surface area (TPSA) is 159 Å². The van der Waals surface area contributed by atoms with Crippen molar-refractivity contribution < 1.29 is 9.59 Å². The predicted octanol–water partition coefficient (Wildman–Crippen LogP) is 3.88. The van der Waals surface area contributed by atoms with Crippen LogP contribution in [-0.2, 0) is 0 Å².